The van der Waals surface area contributed by atoms with Crippen LogP contribution in [0.5, 0.6) is 0 Å². The Balaban J connectivity index is 0.00000196. The molecule has 0 aromatic heterocycles. The molecule has 0 bridgehead atoms. The highest BCUT2D eigenvalue weighted by atomic mass is 127. The van der Waals surface area contributed by atoms with Gasteiger partial charge >= 0.3 is 0 Å². The molecule has 1 unspecified atom stereocenters. The number of nitrogens with two attached hydrogens (primary N) is 1. The minimum Gasteiger partial charge on any atom is -0.379 e. The molecular formula is C9H20IN3O2. The van der Waals surface area contributed by atoms with Crippen molar-refractivity contribution in [2.24, 2.45) is 10.7 Å². The predicted molar refractivity (Wildman–Crippen MR) is 70.8 cm³/mol. The summed E-state index contributed by atoms with van der Waals surface area (Å²) in [6.07, 6.45) is 2.26. The first-order chi connectivity index (χ1) is 6.83. The van der Waals surface area contributed by atoms with E-state index in [1.54, 1.807) is 7.05 Å². The molecule has 15 heavy (non-hydrogen) atoms. The number of hydrogen-bond acceptors (Lipinski definition) is 3. The van der Waals surface area contributed by atoms with Crippen LogP contribution in [-0.4, -0.2) is 45.5 Å². The van der Waals surface area contributed by atoms with Crippen LogP contribution in [0.15, 0.2) is 4.99 Å². The second kappa shape index (κ2) is 9.17. The third-order valence-corrected chi connectivity index (χ3v) is 2.11. The molecule has 0 spiro atoms. The van der Waals surface area contributed by atoms with Crippen LogP contribution in [0.2, 0.25) is 0 Å². The lowest BCUT2D eigenvalue weighted by Gasteiger charge is -2.09. The van der Waals surface area contributed by atoms with Gasteiger partial charge in [-0.3, -0.25) is 4.99 Å². The molecule has 1 rings (SSSR count). The summed E-state index contributed by atoms with van der Waals surface area (Å²) in [6.45, 7) is 3.12. The fourth-order valence-corrected chi connectivity index (χ4v) is 1.26. The summed E-state index contributed by atoms with van der Waals surface area (Å²) in [5, 5.41) is 2.97. The highest BCUT2D eigenvalue weighted by molar-refractivity contribution is 14.0. The number of nitrogens with one attached hydrogen (secondary N) is 1. The number of halogens is 1. The van der Waals surface area contributed by atoms with Crippen LogP contribution in [0, 0.1) is 0 Å². The van der Waals surface area contributed by atoms with Gasteiger partial charge in [0.25, 0.3) is 0 Å². The van der Waals surface area contributed by atoms with Gasteiger partial charge < -0.3 is 20.5 Å². The average Bonchev–Trinajstić information content (AvgIpc) is 2.69. The highest BCUT2D eigenvalue weighted by Gasteiger charge is 2.14. The van der Waals surface area contributed by atoms with Gasteiger partial charge in [-0.1, -0.05) is 0 Å². The molecule has 1 heterocycles. The normalized spacial score (nSPS) is 21.1. The maximum Gasteiger partial charge on any atom is 0.188 e. The first-order valence-electron chi connectivity index (χ1n) is 4.98. The molecule has 1 saturated heterocycles. The van der Waals surface area contributed by atoms with Gasteiger partial charge in [0.2, 0.25) is 0 Å². The summed E-state index contributed by atoms with van der Waals surface area (Å²) in [4.78, 5) is 3.79. The monoisotopic (exact) mass is 329 g/mol. The second-order valence-electron chi connectivity index (χ2n) is 3.25. The Hall–Kier alpha value is -0.0800. The van der Waals surface area contributed by atoms with E-state index in [0.717, 1.165) is 39.2 Å². The number of ether oxygens (including phenoxy) is 2. The van der Waals surface area contributed by atoms with Crippen LogP contribution >= 0.6 is 24.0 Å². The predicted octanol–water partition coefficient (Wildman–Crippen LogP) is 0.334. The maximum atomic E-state index is 5.57. The van der Waals surface area contributed by atoms with Crippen molar-refractivity contribution >= 4 is 29.9 Å². The van der Waals surface area contributed by atoms with E-state index in [2.05, 4.69) is 10.3 Å². The van der Waals surface area contributed by atoms with E-state index in [1.165, 1.54) is 0 Å². The fraction of sp³-hybridized carbons (Fsp3) is 0.889. The fourth-order valence-electron chi connectivity index (χ4n) is 1.26. The molecule has 1 fully saturated rings. The molecule has 0 aromatic rings. The summed E-state index contributed by atoms with van der Waals surface area (Å²) in [7, 11) is 1.66. The molecule has 1 aliphatic heterocycles. The number of nitrogens with zero attached hydrogens (tertiary/aromatic N) is 1. The van der Waals surface area contributed by atoms with E-state index in [4.69, 9.17) is 15.2 Å². The van der Waals surface area contributed by atoms with Gasteiger partial charge in [0.05, 0.1) is 12.7 Å². The molecule has 0 saturated carbocycles. The van der Waals surface area contributed by atoms with Crippen molar-refractivity contribution in [1.29, 1.82) is 0 Å². The van der Waals surface area contributed by atoms with Crippen molar-refractivity contribution in [3.05, 3.63) is 0 Å². The lowest BCUT2D eigenvalue weighted by atomic mass is 10.3. The summed E-state index contributed by atoms with van der Waals surface area (Å²) >= 11 is 0. The van der Waals surface area contributed by atoms with Crippen molar-refractivity contribution in [3.8, 4) is 0 Å². The SMILES string of the molecule is CN=C(N)NCCCOC1CCOC1.I. The molecule has 90 valence electrons. The van der Waals surface area contributed by atoms with E-state index in [9.17, 15) is 0 Å². The zero-order valence-corrected chi connectivity index (χ0v) is 11.4. The third kappa shape index (κ3) is 6.91. The van der Waals surface area contributed by atoms with Gasteiger partial charge in [0.1, 0.15) is 0 Å². The zero-order valence-electron chi connectivity index (χ0n) is 9.07. The number of guanidine groups is 1. The van der Waals surface area contributed by atoms with E-state index in [1.807, 2.05) is 0 Å². The number of rotatable bonds is 5. The summed E-state index contributed by atoms with van der Waals surface area (Å²) in [6, 6.07) is 0. The maximum absolute atomic E-state index is 5.57. The van der Waals surface area contributed by atoms with E-state index in [0.29, 0.717) is 12.1 Å². The van der Waals surface area contributed by atoms with E-state index >= 15 is 0 Å². The van der Waals surface area contributed by atoms with Gasteiger partial charge in [0, 0.05) is 26.8 Å². The van der Waals surface area contributed by atoms with Crippen LogP contribution in [0.25, 0.3) is 0 Å². The highest BCUT2D eigenvalue weighted by Crippen LogP contribution is 2.07. The molecule has 0 amide bonds. The molecule has 0 radical (unpaired) electrons. The summed E-state index contributed by atoms with van der Waals surface area (Å²) < 4.78 is 10.8. The number of aliphatic imine (C=N–C) groups is 1. The lowest BCUT2D eigenvalue weighted by Crippen LogP contribution is -2.32. The Morgan fingerprint density at radius 3 is 3.07 bits per heavy atom. The van der Waals surface area contributed by atoms with Crippen LogP contribution < -0.4 is 11.1 Å². The van der Waals surface area contributed by atoms with Crippen molar-refractivity contribution in [1.82, 2.24) is 5.32 Å². The first-order valence-corrected chi connectivity index (χ1v) is 4.98. The zero-order chi connectivity index (χ0) is 10.2. The van der Waals surface area contributed by atoms with Crippen molar-refractivity contribution in [2.75, 3.05) is 33.4 Å². The first kappa shape index (κ1) is 14.9. The van der Waals surface area contributed by atoms with E-state index in [-0.39, 0.29) is 24.0 Å². The minimum atomic E-state index is 0. The van der Waals surface area contributed by atoms with Gasteiger partial charge in [-0.15, -0.1) is 24.0 Å². The molecule has 5 nitrogen and oxygen atoms in total. The van der Waals surface area contributed by atoms with Gasteiger partial charge in [-0.05, 0) is 12.8 Å². The Labute approximate surface area is 108 Å². The molecule has 6 heteroatoms. The van der Waals surface area contributed by atoms with Crippen LogP contribution in [-0.2, 0) is 9.47 Å². The molecular weight excluding hydrogens is 309 g/mol. The van der Waals surface area contributed by atoms with E-state index < -0.39 is 0 Å². The molecule has 0 aliphatic carbocycles. The second-order valence-corrected chi connectivity index (χ2v) is 3.25. The molecule has 1 aliphatic rings. The summed E-state index contributed by atoms with van der Waals surface area (Å²) in [5.74, 6) is 0.481. The van der Waals surface area contributed by atoms with Crippen LogP contribution in [0.1, 0.15) is 12.8 Å². The minimum absolute atomic E-state index is 0. The smallest absolute Gasteiger partial charge is 0.188 e. The third-order valence-electron chi connectivity index (χ3n) is 2.11. The van der Waals surface area contributed by atoms with Gasteiger partial charge in [-0.2, -0.15) is 0 Å². The van der Waals surface area contributed by atoms with Crippen molar-refractivity contribution < 1.29 is 9.47 Å². The Morgan fingerprint density at radius 2 is 2.47 bits per heavy atom. The quantitative estimate of drug-likeness (QED) is 0.330. The van der Waals surface area contributed by atoms with Crippen LogP contribution in [0.3, 0.4) is 0 Å². The van der Waals surface area contributed by atoms with Crippen LogP contribution in [0.4, 0.5) is 0 Å². The average molecular weight is 329 g/mol. The molecule has 1 atom stereocenters. The van der Waals surface area contributed by atoms with Gasteiger partial charge in [0.15, 0.2) is 5.96 Å². The Bertz CT molecular complexity index is 184. The standard InChI is InChI=1S/C9H19N3O2.HI/c1-11-9(10)12-4-2-5-14-8-3-6-13-7-8;/h8H,2-7H2,1H3,(H3,10,11,12);1H. The molecule has 0 aromatic carbocycles. The molecule has 3 N–H and O–H groups in total. The Kier molecular flexibility index (Phi) is 9.12. The summed E-state index contributed by atoms with van der Waals surface area (Å²) in [5.41, 5.74) is 5.46. The van der Waals surface area contributed by atoms with Crippen molar-refractivity contribution in [3.63, 3.8) is 0 Å². The topological polar surface area (TPSA) is 68.9 Å². The van der Waals surface area contributed by atoms with Crippen molar-refractivity contribution in [2.45, 2.75) is 18.9 Å². The largest absolute Gasteiger partial charge is 0.379 e. The number of hydrogen-bond donors (Lipinski definition) is 2. The van der Waals surface area contributed by atoms with Gasteiger partial charge in [-0.25, -0.2) is 0 Å². The lowest BCUT2D eigenvalue weighted by molar-refractivity contribution is 0.0420. The Morgan fingerprint density at radius 1 is 1.67 bits per heavy atom.